The van der Waals surface area contributed by atoms with Gasteiger partial charge < -0.3 is 19.4 Å². The second kappa shape index (κ2) is 7.30. The Morgan fingerprint density at radius 2 is 1.77 bits per heavy atom. The van der Waals surface area contributed by atoms with Crippen LogP contribution in [0.4, 0.5) is 0 Å². The van der Waals surface area contributed by atoms with Gasteiger partial charge in [0.1, 0.15) is 22.2 Å². The summed E-state index contributed by atoms with van der Waals surface area (Å²) in [7, 11) is 0. The molecule has 9 heteroatoms. The van der Waals surface area contributed by atoms with Crippen molar-refractivity contribution in [2.45, 2.75) is 87.2 Å². The minimum atomic E-state index is -0.651. The van der Waals surface area contributed by atoms with Crippen LogP contribution in [-0.2, 0) is 28.6 Å². The first-order chi connectivity index (χ1) is 13.8. The summed E-state index contributed by atoms with van der Waals surface area (Å²) in [4.78, 5) is 37.9. The van der Waals surface area contributed by atoms with Gasteiger partial charge in [0.2, 0.25) is 0 Å². The highest BCUT2D eigenvalue weighted by Crippen LogP contribution is 2.59. The maximum absolute atomic E-state index is 13.3. The minimum absolute atomic E-state index is 0.102. The van der Waals surface area contributed by atoms with E-state index in [0.29, 0.717) is 19.3 Å². The zero-order valence-electron chi connectivity index (χ0n) is 18.0. The van der Waals surface area contributed by atoms with E-state index in [1.54, 1.807) is 6.92 Å². The average molecular weight is 535 g/mol. The molecule has 0 aromatic carbocycles. The van der Waals surface area contributed by atoms with E-state index in [1.165, 1.54) is 5.06 Å². The lowest BCUT2D eigenvalue weighted by atomic mass is 9.78. The lowest BCUT2D eigenvalue weighted by Gasteiger charge is -2.51. The molecule has 2 bridgehead atoms. The van der Waals surface area contributed by atoms with Gasteiger partial charge in [0, 0.05) is 35.8 Å². The van der Waals surface area contributed by atoms with Crippen LogP contribution in [0.3, 0.4) is 0 Å². The summed E-state index contributed by atoms with van der Waals surface area (Å²) in [5, 5.41) is 11.8. The van der Waals surface area contributed by atoms with Gasteiger partial charge in [-0.05, 0) is 41.0 Å². The number of piperidine rings is 1. The van der Waals surface area contributed by atoms with E-state index < -0.39 is 41.1 Å². The number of halogens is 1. The molecular formula is C21H30INO7. The number of esters is 3. The van der Waals surface area contributed by atoms with E-state index in [-0.39, 0.29) is 33.8 Å². The predicted molar refractivity (Wildman–Crippen MR) is 113 cm³/mol. The van der Waals surface area contributed by atoms with Crippen molar-refractivity contribution in [2.75, 3.05) is 0 Å². The molecule has 2 aliphatic carbocycles. The van der Waals surface area contributed by atoms with Crippen molar-refractivity contribution < 1.29 is 33.8 Å². The van der Waals surface area contributed by atoms with Crippen LogP contribution in [0.15, 0.2) is 0 Å². The van der Waals surface area contributed by atoms with Crippen molar-refractivity contribution in [3.63, 3.8) is 0 Å². The molecule has 2 saturated carbocycles. The second-order valence-electron chi connectivity index (χ2n) is 10.4. The first-order valence-corrected chi connectivity index (χ1v) is 11.8. The van der Waals surface area contributed by atoms with Crippen molar-refractivity contribution in [3.05, 3.63) is 0 Å². The lowest BCUT2D eigenvalue weighted by Crippen LogP contribution is -2.61. The third kappa shape index (κ3) is 3.44. The van der Waals surface area contributed by atoms with Crippen LogP contribution >= 0.6 is 22.6 Å². The molecule has 1 N–H and O–H groups in total. The van der Waals surface area contributed by atoms with Gasteiger partial charge in [-0.2, -0.15) is 5.06 Å². The molecule has 0 radical (unpaired) electrons. The molecule has 2 saturated heterocycles. The summed E-state index contributed by atoms with van der Waals surface area (Å²) in [6.45, 7) is 9.37. The van der Waals surface area contributed by atoms with Crippen LogP contribution in [0.5, 0.6) is 0 Å². The fourth-order valence-electron chi connectivity index (χ4n) is 6.20. The highest BCUT2D eigenvalue weighted by atomic mass is 127. The first kappa shape index (κ1) is 22.3. The van der Waals surface area contributed by atoms with Crippen molar-refractivity contribution >= 4 is 40.5 Å². The number of hydrogen-bond acceptors (Lipinski definition) is 8. The Hall–Kier alpha value is -0.940. The molecule has 8 nitrogen and oxygen atoms in total. The van der Waals surface area contributed by atoms with Gasteiger partial charge in [-0.25, -0.2) is 0 Å². The highest BCUT2D eigenvalue weighted by molar-refractivity contribution is 14.1. The summed E-state index contributed by atoms with van der Waals surface area (Å²) in [6.07, 6.45) is 0.191. The Morgan fingerprint density at radius 1 is 1.17 bits per heavy atom. The monoisotopic (exact) mass is 535 g/mol. The van der Waals surface area contributed by atoms with Gasteiger partial charge in [-0.3, -0.25) is 14.4 Å². The molecule has 2 heterocycles. The molecule has 7 atom stereocenters. The SMILES string of the molecule is CC(I)C(=O)OC1C2CC3C1OC(=O)C3C2C(=O)OC1CC(C)(C)N(O)C(C)(C)C1. The molecule has 0 aromatic heterocycles. The van der Waals surface area contributed by atoms with Gasteiger partial charge >= 0.3 is 17.9 Å². The van der Waals surface area contributed by atoms with Gasteiger partial charge in [-0.15, -0.1) is 0 Å². The number of nitrogens with zero attached hydrogens (tertiary/aromatic N) is 1. The smallest absolute Gasteiger partial charge is 0.319 e. The molecule has 30 heavy (non-hydrogen) atoms. The number of rotatable bonds is 4. The maximum atomic E-state index is 13.3. The number of ether oxygens (including phenoxy) is 3. The summed E-state index contributed by atoms with van der Waals surface area (Å²) in [6, 6.07) is 0. The van der Waals surface area contributed by atoms with E-state index >= 15 is 0 Å². The largest absolute Gasteiger partial charge is 0.462 e. The van der Waals surface area contributed by atoms with Gasteiger partial charge in [0.25, 0.3) is 0 Å². The summed E-state index contributed by atoms with van der Waals surface area (Å²) >= 11 is 1.98. The maximum Gasteiger partial charge on any atom is 0.319 e. The number of carbonyl (C=O) groups is 3. The molecular weight excluding hydrogens is 505 g/mol. The Balaban J connectivity index is 1.51. The Bertz CT molecular complexity index is 748. The molecule has 0 aromatic rings. The topological polar surface area (TPSA) is 102 Å². The number of carbonyl (C=O) groups excluding carboxylic acids is 3. The van der Waals surface area contributed by atoms with Crippen molar-refractivity contribution in [3.8, 4) is 0 Å². The van der Waals surface area contributed by atoms with Crippen molar-refractivity contribution in [1.29, 1.82) is 0 Å². The molecule has 4 rings (SSSR count). The average Bonchev–Trinajstić information content (AvgIpc) is 3.22. The summed E-state index contributed by atoms with van der Waals surface area (Å²) < 4.78 is 16.8. The number of hydroxylamine groups is 2. The van der Waals surface area contributed by atoms with E-state index in [0.717, 1.165) is 0 Å². The first-order valence-electron chi connectivity index (χ1n) is 10.6. The number of alkyl halides is 1. The molecule has 168 valence electrons. The van der Waals surface area contributed by atoms with Crippen LogP contribution < -0.4 is 0 Å². The zero-order chi connectivity index (χ0) is 22.2. The van der Waals surface area contributed by atoms with Crippen LogP contribution in [-0.4, -0.2) is 61.5 Å². The molecule has 4 aliphatic rings. The van der Waals surface area contributed by atoms with Crippen LogP contribution in [0.1, 0.15) is 53.9 Å². The molecule has 7 unspecified atom stereocenters. The third-order valence-corrected chi connectivity index (χ3v) is 7.79. The minimum Gasteiger partial charge on any atom is -0.462 e. The molecule has 0 spiro atoms. The molecule has 2 aliphatic heterocycles. The molecule has 4 fully saturated rings. The zero-order valence-corrected chi connectivity index (χ0v) is 20.1. The Morgan fingerprint density at radius 3 is 2.33 bits per heavy atom. The van der Waals surface area contributed by atoms with Gasteiger partial charge in [0.15, 0.2) is 0 Å². The van der Waals surface area contributed by atoms with E-state index in [2.05, 4.69) is 0 Å². The predicted octanol–water partition coefficient (Wildman–Crippen LogP) is 2.48. The van der Waals surface area contributed by atoms with Crippen LogP contribution in [0.2, 0.25) is 0 Å². The van der Waals surface area contributed by atoms with Crippen molar-refractivity contribution in [2.24, 2.45) is 23.7 Å². The number of fused-ring (bicyclic) bond motifs is 1. The fraction of sp³-hybridized carbons (Fsp3) is 0.857. The number of hydrogen-bond donors (Lipinski definition) is 1. The summed E-state index contributed by atoms with van der Waals surface area (Å²) in [5.74, 6) is -2.70. The normalized spacial score (nSPS) is 40.2. The van der Waals surface area contributed by atoms with E-state index in [9.17, 15) is 19.6 Å². The third-order valence-electron chi connectivity index (χ3n) is 7.28. The van der Waals surface area contributed by atoms with Crippen LogP contribution in [0.25, 0.3) is 0 Å². The second-order valence-corrected chi connectivity index (χ2v) is 12.3. The Kier molecular flexibility index (Phi) is 5.42. The van der Waals surface area contributed by atoms with Gasteiger partial charge in [0.05, 0.1) is 11.8 Å². The standard InChI is InChI=1S/C21H30INO7/c1-9(22)17(24)29-15-11-6-12-14(19(26)30-16(12)15)13(11)18(25)28-10-7-20(2,3)23(27)21(4,5)8-10/h9-16,27H,6-8H2,1-5H3. The van der Waals surface area contributed by atoms with Gasteiger partial charge in [-0.1, -0.05) is 22.6 Å². The van der Waals surface area contributed by atoms with E-state index in [4.69, 9.17) is 14.2 Å². The Labute approximate surface area is 190 Å². The van der Waals surface area contributed by atoms with Crippen molar-refractivity contribution in [1.82, 2.24) is 5.06 Å². The lowest BCUT2D eigenvalue weighted by molar-refractivity contribution is -0.260. The highest BCUT2D eigenvalue weighted by Gasteiger charge is 2.70. The fourth-order valence-corrected chi connectivity index (χ4v) is 6.35. The summed E-state index contributed by atoms with van der Waals surface area (Å²) in [5.41, 5.74) is -1.10. The van der Waals surface area contributed by atoms with Crippen LogP contribution in [0, 0.1) is 23.7 Å². The molecule has 0 amide bonds. The quantitative estimate of drug-likeness (QED) is 0.254. The van der Waals surface area contributed by atoms with E-state index in [1.807, 2.05) is 50.3 Å².